The van der Waals surface area contributed by atoms with Crippen LogP contribution in [-0.2, 0) is 6.54 Å². The van der Waals surface area contributed by atoms with Crippen LogP contribution < -0.4 is 0 Å². The molecule has 1 saturated heterocycles. The first-order chi connectivity index (χ1) is 14.3. The molecule has 3 heterocycles. The lowest BCUT2D eigenvalue weighted by molar-refractivity contribution is 0.318. The fourth-order valence-corrected chi connectivity index (χ4v) is 4.17. The molecule has 0 saturated carbocycles. The Morgan fingerprint density at radius 3 is 2.31 bits per heavy atom. The summed E-state index contributed by atoms with van der Waals surface area (Å²) in [5.41, 5.74) is 5.46. The minimum atomic E-state index is 0.743. The van der Waals surface area contributed by atoms with Crippen LogP contribution in [0.25, 0.3) is 33.3 Å². The molecule has 4 aromatic rings. The lowest BCUT2D eigenvalue weighted by Gasteiger charge is -2.14. The van der Waals surface area contributed by atoms with Gasteiger partial charge in [0.2, 0.25) is 0 Å². The van der Waals surface area contributed by atoms with E-state index < -0.39 is 0 Å². The van der Waals surface area contributed by atoms with Crippen molar-refractivity contribution < 1.29 is 0 Å². The molecule has 1 aliphatic heterocycles. The molecule has 5 rings (SSSR count). The van der Waals surface area contributed by atoms with Gasteiger partial charge in [-0.1, -0.05) is 35.9 Å². The Balaban J connectivity index is 1.35. The van der Waals surface area contributed by atoms with E-state index in [9.17, 15) is 0 Å². The van der Waals surface area contributed by atoms with Crippen LogP contribution in [0.3, 0.4) is 0 Å². The number of fused-ring (bicyclic) bond motifs is 1. The summed E-state index contributed by atoms with van der Waals surface area (Å²) >= 11 is 5.98. The van der Waals surface area contributed by atoms with Crippen molar-refractivity contribution in [2.75, 3.05) is 19.6 Å². The van der Waals surface area contributed by atoms with Crippen molar-refractivity contribution in [1.82, 2.24) is 19.7 Å². The van der Waals surface area contributed by atoms with E-state index in [0.29, 0.717) is 0 Å². The van der Waals surface area contributed by atoms with Gasteiger partial charge in [0.1, 0.15) is 0 Å². The van der Waals surface area contributed by atoms with Gasteiger partial charge in [0, 0.05) is 34.3 Å². The van der Waals surface area contributed by atoms with Crippen molar-refractivity contribution in [3.8, 4) is 22.4 Å². The minimum absolute atomic E-state index is 0.743. The number of aromatic nitrogens is 3. The molecule has 146 valence electrons. The third kappa shape index (κ3) is 3.91. The van der Waals surface area contributed by atoms with Crippen molar-refractivity contribution in [2.45, 2.75) is 19.4 Å². The fourth-order valence-electron chi connectivity index (χ4n) is 4.04. The van der Waals surface area contributed by atoms with E-state index in [4.69, 9.17) is 11.6 Å². The molecule has 0 bridgehead atoms. The molecule has 0 aliphatic carbocycles. The van der Waals surface area contributed by atoms with E-state index in [1.54, 1.807) is 0 Å². The van der Waals surface area contributed by atoms with Gasteiger partial charge in [-0.2, -0.15) is 5.10 Å². The summed E-state index contributed by atoms with van der Waals surface area (Å²) in [5, 5.41) is 6.51. The number of likely N-dealkylation sites (tertiary alicyclic amines) is 1. The Morgan fingerprint density at radius 2 is 1.55 bits per heavy atom. The SMILES string of the molecule is Clc1ccc(-c2ccc(-c3ccc4c(cnn4CCN4CCCC4)c3)nc2)cc1. The predicted molar refractivity (Wildman–Crippen MR) is 119 cm³/mol. The second-order valence-corrected chi connectivity index (χ2v) is 8.07. The highest BCUT2D eigenvalue weighted by molar-refractivity contribution is 6.30. The lowest BCUT2D eigenvalue weighted by atomic mass is 10.1. The van der Waals surface area contributed by atoms with Crippen LogP contribution >= 0.6 is 11.6 Å². The molecule has 29 heavy (non-hydrogen) atoms. The summed E-state index contributed by atoms with van der Waals surface area (Å²) in [6.07, 6.45) is 6.53. The normalized spacial score (nSPS) is 14.7. The lowest BCUT2D eigenvalue weighted by Crippen LogP contribution is -2.24. The summed E-state index contributed by atoms with van der Waals surface area (Å²) in [6, 6.07) is 18.5. The Bertz CT molecular complexity index is 1110. The van der Waals surface area contributed by atoms with E-state index in [1.165, 1.54) is 31.4 Å². The molecule has 2 aromatic carbocycles. The third-order valence-corrected chi connectivity index (χ3v) is 5.96. The maximum atomic E-state index is 5.98. The second-order valence-electron chi connectivity index (χ2n) is 7.63. The third-order valence-electron chi connectivity index (χ3n) is 5.71. The zero-order valence-corrected chi connectivity index (χ0v) is 17.0. The first-order valence-electron chi connectivity index (χ1n) is 10.2. The van der Waals surface area contributed by atoms with E-state index >= 15 is 0 Å². The highest BCUT2D eigenvalue weighted by Crippen LogP contribution is 2.26. The maximum absolute atomic E-state index is 5.98. The number of halogens is 1. The summed E-state index contributed by atoms with van der Waals surface area (Å²) in [5.74, 6) is 0. The molecule has 0 amide bonds. The molecule has 5 heteroatoms. The number of rotatable bonds is 5. The summed E-state index contributed by atoms with van der Waals surface area (Å²) in [6.45, 7) is 4.46. The highest BCUT2D eigenvalue weighted by Gasteiger charge is 2.12. The molecule has 1 aliphatic rings. The molecular formula is C24H23ClN4. The van der Waals surface area contributed by atoms with Crippen LogP contribution in [0, 0.1) is 0 Å². The van der Waals surface area contributed by atoms with E-state index in [0.717, 1.165) is 45.9 Å². The molecule has 0 spiro atoms. The number of hydrogen-bond acceptors (Lipinski definition) is 3. The van der Waals surface area contributed by atoms with E-state index in [2.05, 4.69) is 50.0 Å². The van der Waals surface area contributed by atoms with Gasteiger partial charge in [0.15, 0.2) is 0 Å². The van der Waals surface area contributed by atoms with Crippen molar-refractivity contribution in [3.05, 3.63) is 72.0 Å². The predicted octanol–water partition coefficient (Wildman–Crippen LogP) is 5.51. The molecule has 0 unspecified atom stereocenters. The van der Waals surface area contributed by atoms with Crippen LogP contribution in [0.5, 0.6) is 0 Å². The van der Waals surface area contributed by atoms with Gasteiger partial charge in [0.05, 0.1) is 24.0 Å². The Kier molecular flexibility index (Phi) is 5.04. The van der Waals surface area contributed by atoms with Crippen LogP contribution in [0.2, 0.25) is 5.02 Å². The Morgan fingerprint density at radius 1 is 0.793 bits per heavy atom. The molecule has 0 N–H and O–H groups in total. The van der Waals surface area contributed by atoms with Gasteiger partial charge in [-0.05, 0) is 61.8 Å². The van der Waals surface area contributed by atoms with Crippen LogP contribution in [0.1, 0.15) is 12.8 Å². The standard InChI is InChI=1S/C24H23ClN4/c25-22-7-3-18(4-8-22)20-5-9-23(26-16-20)19-6-10-24-21(15-19)17-27-29(24)14-13-28-11-1-2-12-28/h3-10,15-17H,1-2,11-14H2. The average molecular weight is 403 g/mol. The zero-order chi connectivity index (χ0) is 19.6. The van der Waals surface area contributed by atoms with Crippen molar-refractivity contribution in [2.24, 2.45) is 0 Å². The van der Waals surface area contributed by atoms with Gasteiger partial charge in [-0.25, -0.2) is 0 Å². The molecule has 0 atom stereocenters. The summed E-state index contributed by atoms with van der Waals surface area (Å²) in [4.78, 5) is 7.20. The largest absolute Gasteiger partial charge is 0.301 e. The Labute approximate surface area is 175 Å². The fraction of sp³-hybridized carbons (Fsp3) is 0.250. The maximum Gasteiger partial charge on any atom is 0.0702 e. The topological polar surface area (TPSA) is 34.0 Å². The number of pyridine rings is 1. The van der Waals surface area contributed by atoms with Gasteiger partial charge in [0.25, 0.3) is 0 Å². The van der Waals surface area contributed by atoms with Crippen molar-refractivity contribution in [1.29, 1.82) is 0 Å². The smallest absolute Gasteiger partial charge is 0.0702 e. The van der Waals surface area contributed by atoms with E-state index in [-0.39, 0.29) is 0 Å². The van der Waals surface area contributed by atoms with Gasteiger partial charge in [-0.15, -0.1) is 0 Å². The summed E-state index contributed by atoms with van der Waals surface area (Å²) in [7, 11) is 0. The van der Waals surface area contributed by atoms with Crippen molar-refractivity contribution in [3.63, 3.8) is 0 Å². The quantitative estimate of drug-likeness (QED) is 0.441. The number of benzene rings is 2. The zero-order valence-electron chi connectivity index (χ0n) is 16.3. The van der Waals surface area contributed by atoms with Crippen LogP contribution in [0.15, 0.2) is 67.0 Å². The summed E-state index contributed by atoms with van der Waals surface area (Å²) < 4.78 is 2.12. The molecular weight excluding hydrogens is 380 g/mol. The van der Waals surface area contributed by atoms with Gasteiger partial charge in [-0.3, -0.25) is 9.67 Å². The second kappa shape index (κ2) is 7.97. The van der Waals surface area contributed by atoms with Crippen LogP contribution in [-0.4, -0.2) is 39.3 Å². The van der Waals surface area contributed by atoms with Gasteiger partial charge < -0.3 is 4.90 Å². The van der Waals surface area contributed by atoms with Gasteiger partial charge >= 0.3 is 0 Å². The highest BCUT2D eigenvalue weighted by atomic mass is 35.5. The molecule has 1 fully saturated rings. The first kappa shape index (κ1) is 18.3. The van der Waals surface area contributed by atoms with Crippen molar-refractivity contribution >= 4 is 22.5 Å². The van der Waals surface area contributed by atoms with Crippen LogP contribution in [0.4, 0.5) is 0 Å². The average Bonchev–Trinajstić information content (AvgIpc) is 3.42. The molecule has 0 radical (unpaired) electrons. The molecule has 2 aromatic heterocycles. The Hall–Kier alpha value is -2.69. The van der Waals surface area contributed by atoms with E-state index in [1.807, 2.05) is 36.7 Å². The minimum Gasteiger partial charge on any atom is -0.301 e. The number of nitrogens with zero attached hydrogens (tertiary/aromatic N) is 4. The first-order valence-corrected chi connectivity index (χ1v) is 10.5. The number of hydrogen-bond donors (Lipinski definition) is 0. The monoisotopic (exact) mass is 402 g/mol. The molecule has 4 nitrogen and oxygen atoms in total.